The third-order valence-electron chi connectivity index (χ3n) is 4.17. The summed E-state index contributed by atoms with van der Waals surface area (Å²) in [6.07, 6.45) is 15.0. The summed E-state index contributed by atoms with van der Waals surface area (Å²) >= 11 is 6.12. The SMILES string of the molecule is CCCCCCCCCNCC1CCC(Cl)CC1. The molecule has 1 fully saturated rings. The Labute approximate surface area is 119 Å². The third kappa shape index (κ3) is 8.37. The molecular weight excluding hydrogens is 242 g/mol. The van der Waals surface area contributed by atoms with Gasteiger partial charge in [0.2, 0.25) is 0 Å². The summed E-state index contributed by atoms with van der Waals surface area (Å²) in [4.78, 5) is 0. The number of rotatable bonds is 10. The largest absolute Gasteiger partial charge is 0.316 e. The van der Waals surface area contributed by atoms with Crippen LogP contribution in [-0.2, 0) is 0 Å². The average Bonchev–Trinajstić information content (AvgIpc) is 2.39. The van der Waals surface area contributed by atoms with Gasteiger partial charge in [-0.15, -0.1) is 11.6 Å². The summed E-state index contributed by atoms with van der Waals surface area (Å²) in [6.45, 7) is 4.72. The number of hydrogen-bond donors (Lipinski definition) is 1. The van der Waals surface area contributed by atoms with Crippen molar-refractivity contribution in [2.45, 2.75) is 82.9 Å². The summed E-state index contributed by atoms with van der Waals surface area (Å²) in [5.41, 5.74) is 0. The van der Waals surface area contributed by atoms with Gasteiger partial charge in [-0.2, -0.15) is 0 Å². The van der Waals surface area contributed by atoms with Crippen LogP contribution in [0, 0.1) is 5.92 Å². The number of unbranched alkanes of at least 4 members (excludes halogenated alkanes) is 6. The zero-order chi connectivity index (χ0) is 13.1. The van der Waals surface area contributed by atoms with E-state index in [9.17, 15) is 0 Å². The Morgan fingerprint density at radius 3 is 2.17 bits per heavy atom. The summed E-state index contributed by atoms with van der Waals surface area (Å²) in [5, 5.41) is 4.09. The van der Waals surface area contributed by atoms with Gasteiger partial charge in [-0.25, -0.2) is 0 Å². The maximum atomic E-state index is 6.12. The summed E-state index contributed by atoms with van der Waals surface area (Å²) in [6, 6.07) is 0. The lowest BCUT2D eigenvalue weighted by molar-refractivity contribution is 0.345. The molecule has 0 heterocycles. The van der Waals surface area contributed by atoms with Gasteiger partial charge in [0.15, 0.2) is 0 Å². The van der Waals surface area contributed by atoms with Gasteiger partial charge in [0.1, 0.15) is 0 Å². The van der Waals surface area contributed by atoms with Crippen LogP contribution in [0.4, 0.5) is 0 Å². The fraction of sp³-hybridized carbons (Fsp3) is 1.00. The van der Waals surface area contributed by atoms with E-state index in [-0.39, 0.29) is 0 Å². The Morgan fingerprint density at radius 1 is 0.889 bits per heavy atom. The summed E-state index contributed by atoms with van der Waals surface area (Å²) in [7, 11) is 0. The second-order valence-electron chi connectivity index (χ2n) is 5.94. The monoisotopic (exact) mass is 273 g/mol. The molecule has 0 bridgehead atoms. The molecule has 1 nitrogen and oxygen atoms in total. The van der Waals surface area contributed by atoms with Crippen LogP contribution in [-0.4, -0.2) is 18.5 Å². The highest BCUT2D eigenvalue weighted by Gasteiger charge is 2.18. The highest BCUT2D eigenvalue weighted by atomic mass is 35.5. The Kier molecular flexibility index (Phi) is 10.1. The van der Waals surface area contributed by atoms with E-state index >= 15 is 0 Å². The van der Waals surface area contributed by atoms with Crippen LogP contribution in [0.25, 0.3) is 0 Å². The second kappa shape index (κ2) is 11.1. The van der Waals surface area contributed by atoms with Crippen LogP contribution in [0.3, 0.4) is 0 Å². The van der Waals surface area contributed by atoms with E-state index in [1.807, 2.05) is 0 Å². The van der Waals surface area contributed by atoms with Gasteiger partial charge in [0.25, 0.3) is 0 Å². The van der Waals surface area contributed by atoms with E-state index in [0.29, 0.717) is 5.38 Å². The second-order valence-corrected chi connectivity index (χ2v) is 6.56. The minimum atomic E-state index is 0.462. The molecule has 0 aromatic heterocycles. The van der Waals surface area contributed by atoms with Crippen molar-refractivity contribution in [1.82, 2.24) is 5.32 Å². The molecule has 0 atom stereocenters. The molecule has 1 N–H and O–H groups in total. The standard InChI is InChI=1S/C16H32ClN/c1-2-3-4-5-6-7-8-13-18-14-15-9-11-16(17)12-10-15/h15-16,18H,2-14H2,1H3. The minimum absolute atomic E-state index is 0.462. The Bertz CT molecular complexity index is 176. The van der Waals surface area contributed by atoms with Crippen LogP contribution in [0.1, 0.15) is 77.6 Å². The lowest BCUT2D eigenvalue weighted by atomic mass is 9.89. The van der Waals surface area contributed by atoms with Gasteiger partial charge in [0.05, 0.1) is 0 Å². The van der Waals surface area contributed by atoms with Crippen molar-refractivity contribution >= 4 is 11.6 Å². The van der Waals surface area contributed by atoms with Crippen LogP contribution in [0.15, 0.2) is 0 Å². The first-order valence-corrected chi connectivity index (χ1v) is 8.61. The molecule has 1 aliphatic rings. The Morgan fingerprint density at radius 2 is 1.50 bits per heavy atom. The van der Waals surface area contributed by atoms with Gasteiger partial charge in [-0.05, 0) is 51.1 Å². The van der Waals surface area contributed by atoms with Crippen molar-refractivity contribution in [3.05, 3.63) is 0 Å². The fourth-order valence-electron chi connectivity index (χ4n) is 2.84. The predicted octanol–water partition coefficient (Wildman–Crippen LogP) is 5.12. The topological polar surface area (TPSA) is 12.0 Å². The molecule has 0 spiro atoms. The number of alkyl halides is 1. The molecule has 1 saturated carbocycles. The van der Waals surface area contributed by atoms with Crippen molar-refractivity contribution in [3.8, 4) is 0 Å². The van der Waals surface area contributed by atoms with Gasteiger partial charge >= 0.3 is 0 Å². The molecule has 1 aliphatic carbocycles. The van der Waals surface area contributed by atoms with E-state index in [1.54, 1.807) is 0 Å². The number of hydrogen-bond acceptors (Lipinski definition) is 1. The molecule has 18 heavy (non-hydrogen) atoms. The number of halogens is 1. The quantitative estimate of drug-likeness (QED) is 0.430. The predicted molar refractivity (Wildman–Crippen MR) is 82.5 cm³/mol. The molecule has 0 unspecified atom stereocenters. The van der Waals surface area contributed by atoms with Crippen molar-refractivity contribution in [2.75, 3.05) is 13.1 Å². The molecule has 0 aromatic carbocycles. The van der Waals surface area contributed by atoms with Gasteiger partial charge in [0, 0.05) is 5.38 Å². The normalized spacial score (nSPS) is 24.3. The molecule has 0 amide bonds. The van der Waals surface area contributed by atoms with Crippen molar-refractivity contribution < 1.29 is 0 Å². The van der Waals surface area contributed by atoms with Gasteiger partial charge in [-0.3, -0.25) is 0 Å². The maximum Gasteiger partial charge on any atom is 0.0336 e. The molecule has 0 radical (unpaired) electrons. The molecular formula is C16H32ClN. The van der Waals surface area contributed by atoms with E-state index in [0.717, 1.165) is 5.92 Å². The lowest BCUT2D eigenvalue weighted by Gasteiger charge is -2.25. The summed E-state index contributed by atoms with van der Waals surface area (Å²) in [5.74, 6) is 0.893. The van der Waals surface area contributed by atoms with Crippen molar-refractivity contribution in [2.24, 2.45) is 5.92 Å². The van der Waals surface area contributed by atoms with E-state index < -0.39 is 0 Å². The first kappa shape index (κ1) is 16.3. The highest BCUT2D eigenvalue weighted by Crippen LogP contribution is 2.26. The molecule has 0 saturated heterocycles. The zero-order valence-corrected chi connectivity index (χ0v) is 13.0. The minimum Gasteiger partial charge on any atom is -0.316 e. The van der Waals surface area contributed by atoms with E-state index in [1.165, 1.54) is 83.7 Å². The maximum absolute atomic E-state index is 6.12. The molecule has 108 valence electrons. The van der Waals surface area contributed by atoms with Crippen LogP contribution >= 0.6 is 11.6 Å². The van der Waals surface area contributed by atoms with Crippen molar-refractivity contribution in [1.29, 1.82) is 0 Å². The number of nitrogens with one attached hydrogen (secondary N) is 1. The first-order valence-electron chi connectivity index (χ1n) is 8.17. The molecule has 0 aromatic rings. The zero-order valence-electron chi connectivity index (χ0n) is 12.2. The smallest absolute Gasteiger partial charge is 0.0336 e. The van der Waals surface area contributed by atoms with Gasteiger partial charge < -0.3 is 5.32 Å². The van der Waals surface area contributed by atoms with Crippen LogP contribution < -0.4 is 5.32 Å². The fourth-order valence-corrected chi connectivity index (χ4v) is 3.09. The van der Waals surface area contributed by atoms with E-state index in [2.05, 4.69) is 12.2 Å². The van der Waals surface area contributed by atoms with Crippen LogP contribution in [0.2, 0.25) is 0 Å². The highest BCUT2D eigenvalue weighted by molar-refractivity contribution is 6.20. The Balaban J connectivity index is 1.78. The molecule has 1 rings (SSSR count). The third-order valence-corrected chi connectivity index (χ3v) is 4.60. The Hall–Kier alpha value is 0.250. The van der Waals surface area contributed by atoms with E-state index in [4.69, 9.17) is 11.6 Å². The first-order chi connectivity index (χ1) is 8.83. The van der Waals surface area contributed by atoms with Crippen molar-refractivity contribution in [3.63, 3.8) is 0 Å². The van der Waals surface area contributed by atoms with Gasteiger partial charge in [-0.1, -0.05) is 45.4 Å². The average molecular weight is 274 g/mol. The summed E-state index contributed by atoms with van der Waals surface area (Å²) < 4.78 is 0. The lowest BCUT2D eigenvalue weighted by Crippen LogP contribution is -2.27. The molecule has 0 aliphatic heterocycles. The van der Waals surface area contributed by atoms with Crippen LogP contribution in [0.5, 0.6) is 0 Å². The molecule has 2 heteroatoms.